The minimum atomic E-state index is -0.505. The van der Waals surface area contributed by atoms with Crippen molar-refractivity contribution in [3.05, 3.63) is 57.8 Å². The highest BCUT2D eigenvalue weighted by Crippen LogP contribution is 2.21. The van der Waals surface area contributed by atoms with Crippen LogP contribution in [0.5, 0.6) is 0 Å². The molecule has 0 radical (unpaired) electrons. The standard InChI is InChI=1S/C15H13Cl2FN2O/c1-9-2-3-11(17)7-14(9)20-15(21)8-19-13-5-4-10(16)6-12(13)18/h2-7,19H,8H2,1H3,(H,20,21). The average molecular weight is 327 g/mol. The van der Waals surface area contributed by atoms with Crippen molar-refractivity contribution >= 4 is 40.5 Å². The number of carbonyl (C=O) groups is 1. The summed E-state index contributed by atoms with van der Waals surface area (Å²) < 4.78 is 13.5. The van der Waals surface area contributed by atoms with Gasteiger partial charge in [-0.1, -0.05) is 29.3 Å². The van der Waals surface area contributed by atoms with Gasteiger partial charge in [-0.25, -0.2) is 4.39 Å². The molecule has 0 saturated carbocycles. The lowest BCUT2D eigenvalue weighted by atomic mass is 10.2. The minimum absolute atomic E-state index is 0.0650. The second-order valence-corrected chi connectivity index (χ2v) is 5.36. The molecule has 3 nitrogen and oxygen atoms in total. The number of benzene rings is 2. The third kappa shape index (κ3) is 4.34. The van der Waals surface area contributed by atoms with Crippen LogP contribution in [0, 0.1) is 12.7 Å². The third-order valence-corrected chi connectivity index (χ3v) is 3.31. The summed E-state index contributed by atoms with van der Waals surface area (Å²) in [6.07, 6.45) is 0. The van der Waals surface area contributed by atoms with Crippen molar-refractivity contribution in [3.63, 3.8) is 0 Å². The highest BCUT2D eigenvalue weighted by molar-refractivity contribution is 6.31. The summed E-state index contributed by atoms with van der Waals surface area (Å²) in [6.45, 7) is 1.79. The SMILES string of the molecule is Cc1ccc(Cl)cc1NC(=O)CNc1ccc(Cl)cc1F. The van der Waals surface area contributed by atoms with Crippen LogP contribution in [-0.4, -0.2) is 12.5 Å². The van der Waals surface area contributed by atoms with Crippen LogP contribution in [0.25, 0.3) is 0 Å². The molecule has 110 valence electrons. The van der Waals surface area contributed by atoms with Gasteiger partial charge in [-0.15, -0.1) is 0 Å². The van der Waals surface area contributed by atoms with Crippen LogP contribution < -0.4 is 10.6 Å². The molecule has 1 amide bonds. The van der Waals surface area contributed by atoms with Crippen LogP contribution in [0.1, 0.15) is 5.56 Å². The highest BCUT2D eigenvalue weighted by Gasteiger charge is 2.07. The number of halogens is 3. The minimum Gasteiger partial charge on any atom is -0.374 e. The lowest BCUT2D eigenvalue weighted by molar-refractivity contribution is -0.114. The van der Waals surface area contributed by atoms with Gasteiger partial charge in [0.1, 0.15) is 5.82 Å². The van der Waals surface area contributed by atoms with E-state index in [0.717, 1.165) is 5.56 Å². The summed E-state index contributed by atoms with van der Waals surface area (Å²) in [5.74, 6) is -0.802. The molecule has 0 spiro atoms. The van der Waals surface area contributed by atoms with Gasteiger partial charge in [-0.3, -0.25) is 4.79 Å². The quantitative estimate of drug-likeness (QED) is 0.869. The molecule has 21 heavy (non-hydrogen) atoms. The van der Waals surface area contributed by atoms with Crippen LogP contribution in [0.3, 0.4) is 0 Å². The molecule has 0 aliphatic heterocycles. The number of hydrogen-bond acceptors (Lipinski definition) is 2. The summed E-state index contributed by atoms with van der Waals surface area (Å²) in [6, 6.07) is 9.43. The van der Waals surface area contributed by atoms with E-state index in [9.17, 15) is 9.18 Å². The fraction of sp³-hybridized carbons (Fsp3) is 0.133. The van der Waals surface area contributed by atoms with E-state index < -0.39 is 5.82 Å². The van der Waals surface area contributed by atoms with Crippen molar-refractivity contribution in [3.8, 4) is 0 Å². The maximum atomic E-state index is 13.5. The van der Waals surface area contributed by atoms with E-state index in [1.807, 2.05) is 13.0 Å². The summed E-state index contributed by atoms with van der Waals surface area (Å²) in [4.78, 5) is 11.9. The van der Waals surface area contributed by atoms with E-state index in [2.05, 4.69) is 10.6 Å². The van der Waals surface area contributed by atoms with E-state index in [1.54, 1.807) is 18.2 Å². The first-order valence-electron chi connectivity index (χ1n) is 6.20. The Morgan fingerprint density at radius 2 is 1.76 bits per heavy atom. The molecule has 0 heterocycles. The van der Waals surface area contributed by atoms with Crippen molar-refractivity contribution in [2.75, 3.05) is 17.2 Å². The zero-order valence-electron chi connectivity index (χ0n) is 11.2. The number of carbonyl (C=O) groups excluding carboxylic acids is 1. The van der Waals surface area contributed by atoms with E-state index in [1.165, 1.54) is 12.1 Å². The van der Waals surface area contributed by atoms with Gasteiger partial charge in [0.2, 0.25) is 5.91 Å². The summed E-state index contributed by atoms with van der Waals surface area (Å²) in [5.41, 5.74) is 1.74. The first-order valence-corrected chi connectivity index (χ1v) is 6.96. The smallest absolute Gasteiger partial charge is 0.243 e. The highest BCUT2D eigenvalue weighted by atomic mass is 35.5. The monoisotopic (exact) mass is 326 g/mol. The Labute approximate surface area is 132 Å². The molecule has 0 aliphatic carbocycles. The molecule has 6 heteroatoms. The molecular formula is C15H13Cl2FN2O. The normalized spacial score (nSPS) is 10.3. The van der Waals surface area contributed by atoms with Gasteiger partial charge in [0, 0.05) is 15.7 Å². The number of aryl methyl sites for hydroxylation is 1. The van der Waals surface area contributed by atoms with Crippen LogP contribution in [0.2, 0.25) is 10.0 Å². The van der Waals surface area contributed by atoms with Crippen LogP contribution in [0.4, 0.5) is 15.8 Å². The Hall–Kier alpha value is -1.78. The number of rotatable bonds is 4. The van der Waals surface area contributed by atoms with Gasteiger partial charge < -0.3 is 10.6 Å². The maximum Gasteiger partial charge on any atom is 0.243 e. The van der Waals surface area contributed by atoms with Gasteiger partial charge in [-0.05, 0) is 42.8 Å². The van der Waals surface area contributed by atoms with E-state index >= 15 is 0 Å². The maximum absolute atomic E-state index is 13.5. The molecule has 2 N–H and O–H groups in total. The molecule has 0 unspecified atom stereocenters. The van der Waals surface area contributed by atoms with E-state index in [4.69, 9.17) is 23.2 Å². The molecule has 2 aromatic rings. The third-order valence-electron chi connectivity index (χ3n) is 2.84. The molecule has 0 atom stereocenters. The number of hydrogen-bond donors (Lipinski definition) is 2. The van der Waals surface area contributed by atoms with Crippen molar-refractivity contribution in [1.29, 1.82) is 0 Å². The Morgan fingerprint density at radius 3 is 2.48 bits per heavy atom. The summed E-state index contributed by atoms with van der Waals surface area (Å²) >= 11 is 11.5. The van der Waals surface area contributed by atoms with Crippen molar-refractivity contribution < 1.29 is 9.18 Å². The Morgan fingerprint density at radius 1 is 1.10 bits per heavy atom. The summed E-state index contributed by atoms with van der Waals surface area (Å²) in [7, 11) is 0. The lowest BCUT2D eigenvalue weighted by Crippen LogP contribution is -2.22. The largest absolute Gasteiger partial charge is 0.374 e. The second kappa shape index (κ2) is 6.78. The predicted octanol–water partition coefficient (Wildman–Crippen LogP) is 4.49. The predicted molar refractivity (Wildman–Crippen MR) is 84.7 cm³/mol. The van der Waals surface area contributed by atoms with E-state index in [-0.39, 0.29) is 18.1 Å². The zero-order valence-corrected chi connectivity index (χ0v) is 12.7. The fourth-order valence-corrected chi connectivity index (χ4v) is 2.06. The summed E-state index contributed by atoms with van der Waals surface area (Å²) in [5, 5.41) is 6.27. The van der Waals surface area contributed by atoms with Gasteiger partial charge in [0.25, 0.3) is 0 Å². The van der Waals surface area contributed by atoms with Gasteiger partial charge in [0.15, 0.2) is 0 Å². The Kier molecular flexibility index (Phi) is 5.04. The van der Waals surface area contributed by atoms with Crippen LogP contribution >= 0.6 is 23.2 Å². The zero-order chi connectivity index (χ0) is 15.4. The van der Waals surface area contributed by atoms with Crippen LogP contribution in [-0.2, 0) is 4.79 Å². The first-order chi connectivity index (χ1) is 9.95. The molecular weight excluding hydrogens is 314 g/mol. The first kappa shape index (κ1) is 15.6. The second-order valence-electron chi connectivity index (χ2n) is 4.49. The molecule has 0 bridgehead atoms. The van der Waals surface area contributed by atoms with Crippen molar-refractivity contribution in [1.82, 2.24) is 0 Å². The van der Waals surface area contributed by atoms with E-state index in [0.29, 0.717) is 15.7 Å². The molecule has 2 aromatic carbocycles. The van der Waals surface area contributed by atoms with Gasteiger partial charge in [0.05, 0.1) is 12.2 Å². The average Bonchev–Trinajstić information content (AvgIpc) is 2.42. The number of anilines is 2. The van der Waals surface area contributed by atoms with Gasteiger partial charge >= 0.3 is 0 Å². The van der Waals surface area contributed by atoms with Crippen LogP contribution in [0.15, 0.2) is 36.4 Å². The molecule has 0 saturated heterocycles. The lowest BCUT2D eigenvalue weighted by Gasteiger charge is -2.11. The number of nitrogens with one attached hydrogen (secondary N) is 2. The Balaban J connectivity index is 1.97. The van der Waals surface area contributed by atoms with Crippen molar-refractivity contribution in [2.24, 2.45) is 0 Å². The topological polar surface area (TPSA) is 41.1 Å². The van der Waals surface area contributed by atoms with Crippen molar-refractivity contribution in [2.45, 2.75) is 6.92 Å². The molecule has 2 rings (SSSR count). The number of amides is 1. The molecule has 0 fully saturated rings. The van der Waals surface area contributed by atoms with Gasteiger partial charge in [-0.2, -0.15) is 0 Å². The molecule has 0 aliphatic rings. The fourth-order valence-electron chi connectivity index (χ4n) is 1.73. The molecule has 0 aromatic heterocycles. The Bertz CT molecular complexity index is 677.